The molecule has 1 saturated carbocycles. The molecule has 2 N–H and O–H groups in total. The number of rotatable bonds is 4. The van der Waals surface area contributed by atoms with Crippen LogP contribution in [0.1, 0.15) is 31.2 Å². The molecule has 1 aliphatic rings. The molecule has 2 rings (SSSR count). The molecular formula is C12H18N2O2S. The van der Waals surface area contributed by atoms with E-state index < -0.39 is 10.2 Å². The molecule has 1 fully saturated rings. The molecule has 0 saturated heterocycles. The fourth-order valence-corrected chi connectivity index (χ4v) is 3.34. The van der Waals surface area contributed by atoms with E-state index in [9.17, 15) is 8.42 Å². The third-order valence-corrected chi connectivity index (χ3v) is 4.32. The van der Waals surface area contributed by atoms with Crippen molar-refractivity contribution >= 4 is 10.2 Å². The lowest BCUT2D eigenvalue weighted by molar-refractivity contribution is 0.316. The van der Waals surface area contributed by atoms with Gasteiger partial charge in [-0.1, -0.05) is 43.2 Å². The SMILES string of the molecule is NS(=O)(=O)N(Cc1ccccc1)C1CCCC1. The quantitative estimate of drug-likeness (QED) is 0.887. The van der Waals surface area contributed by atoms with E-state index in [4.69, 9.17) is 5.14 Å². The number of hydrogen-bond donors (Lipinski definition) is 1. The number of hydrogen-bond acceptors (Lipinski definition) is 2. The third kappa shape index (κ3) is 3.28. The van der Waals surface area contributed by atoms with Crippen molar-refractivity contribution < 1.29 is 8.42 Å². The molecule has 94 valence electrons. The van der Waals surface area contributed by atoms with Gasteiger partial charge in [-0.2, -0.15) is 12.7 Å². The van der Waals surface area contributed by atoms with E-state index >= 15 is 0 Å². The summed E-state index contributed by atoms with van der Waals surface area (Å²) in [6.07, 6.45) is 4.02. The van der Waals surface area contributed by atoms with Gasteiger partial charge < -0.3 is 0 Å². The van der Waals surface area contributed by atoms with Crippen LogP contribution >= 0.6 is 0 Å². The van der Waals surface area contributed by atoms with Crippen molar-refractivity contribution in [1.29, 1.82) is 0 Å². The smallest absolute Gasteiger partial charge is 0.216 e. The molecule has 1 aliphatic carbocycles. The van der Waals surface area contributed by atoms with Crippen LogP contribution < -0.4 is 5.14 Å². The highest BCUT2D eigenvalue weighted by molar-refractivity contribution is 7.86. The van der Waals surface area contributed by atoms with Crippen molar-refractivity contribution in [2.75, 3.05) is 0 Å². The molecule has 1 aromatic carbocycles. The van der Waals surface area contributed by atoms with E-state index in [2.05, 4.69) is 0 Å². The minimum Gasteiger partial charge on any atom is -0.216 e. The van der Waals surface area contributed by atoms with Crippen molar-refractivity contribution in [1.82, 2.24) is 4.31 Å². The topological polar surface area (TPSA) is 63.4 Å². The van der Waals surface area contributed by atoms with Gasteiger partial charge in [-0.15, -0.1) is 0 Å². The van der Waals surface area contributed by atoms with Crippen LogP contribution in [0.4, 0.5) is 0 Å². The van der Waals surface area contributed by atoms with Crippen LogP contribution in [0.25, 0.3) is 0 Å². The van der Waals surface area contributed by atoms with Crippen molar-refractivity contribution in [3.05, 3.63) is 35.9 Å². The van der Waals surface area contributed by atoms with Crippen LogP contribution in [0.5, 0.6) is 0 Å². The highest BCUT2D eigenvalue weighted by Crippen LogP contribution is 2.26. The van der Waals surface area contributed by atoms with Gasteiger partial charge in [0.05, 0.1) is 0 Å². The van der Waals surface area contributed by atoms with Gasteiger partial charge in [0.25, 0.3) is 10.2 Å². The summed E-state index contributed by atoms with van der Waals surface area (Å²) in [5, 5.41) is 5.31. The van der Waals surface area contributed by atoms with E-state index in [1.165, 1.54) is 4.31 Å². The zero-order chi connectivity index (χ0) is 12.3. The molecule has 0 aromatic heterocycles. The molecule has 0 aliphatic heterocycles. The lowest BCUT2D eigenvalue weighted by Gasteiger charge is -2.25. The van der Waals surface area contributed by atoms with E-state index in [0.717, 1.165) is 31.2 Å². The van der Waals surface area contributed by atoms with Crippen molar-refractivity contribution in [2.45, 2.75) is 38.3 Å². The monoisotopic (exact) mass is 254 g/mol. The fourth-order valence-electron chi connectivity index (χ4n) is 2.38. The van der Waals surface area contributed by atoms with Gasteiger partial charge >= 0.3 is 0 Å². The maximum Gasteiger partial charge on any atom is 0.277 e. The van der Waals surface area contributed by atoms with Gasteiger partial charge in [0.1, 0.15) is 0 Å². The van der Waals surface area contributed by atoms with Gasteiger partial charge in [0.15, 0.2) is 0 Å². The normalized spacial score (nSPS) is 17.8. The average Bonchev–Trinajstić information content (AvgIpc) is 2.79. The first-order chi connectivity index (χ1) is 8.07. The van der Waals surface area contributed by atoms with Crippen LogP contribution in [0.3, 0.4) is 0 Å². The lowest BCUT2D eigenvalue weighted by Crippen LogP contribution is -2.42. The Balaban J connectivity index is 2.17. The third-order valence-electron chi connectivity index (χ3n) is 3.24. The van der Waals surface area contributed by atoms with Crippen molar-refractivity contribution in [3.8, 4) is 0 Å². The van der Waals surface area contributed by atoms with Gasteiger partial charge in [-0.25, -0.2) is 5.14 Å². The lowest BCUT2D eigenvalue weighted by atomic mass is 10.2. The second-order valence-electron chi connectivity index (χ2n) is 4.51. The molecule has 0 radical (unpaired) electrons. The Bertz CT molecular complexity index is 453. The molecule has 4 nitrogen and oxygen atoms in total. The molecule has 5 heteroatoms. The minimum absolute atomic E-state index is 0.0743. The summed E-state index contributed by atoms with van der Waals surface area (Å²) >= 11 is 0. The zero-order valence-electron chi connectivity index (χ0n) is 9.75. The van der Waals surface area contributed by atoms with Gasteiger partial charge in [-0.3, -0.25) is 0 Å². The summed E-state index contributed by atoms with van der Waals surface area (Å²) in [5.74, 6) is 0. The average molecular weight is 254 g/mol. The Kier molecular flexibility index (Phi) is 3.81. The Morgan fingerprint density at radius 1 is 1.18 bits per heavy atom. The second kappa shape index (κ2) is 5.16. The van der Waals surface area contributed by atoms with E-state index in [-0.39, 0.29) is 6.04 Å². The maximum atomic E-state index is 11.6. The summed E-state index contributed by atoms with van der Waals surface area (Å²) in [7, 11) is -3.61. The molecule has 0 bridgehead atoms. The Hall–Kier alpha value is -0.910. The molecule has 1 aromatic rings. The van der Waals surface area contributed by atoms with Crippen LogP contribution in [0.2, 0.25) is 0 Å². The van der Waals surface area contributed by atoms with Crippen LogP contribution in [-0.2, 0) is 16.8 Å². The largest absolute Gasteiger partial charge is 0.277 e. The number of nitrogens with two attached hydrogens (primary N) is 1. The summed E-state index contributed by atoms with van der Waals surface area (Å²) in [6.45, 7) is 0.379. The van der Waals surface area contributed by atoms with Crippen LogP contribution in [-0.4, -0.2) is 18.8 Å². The predicted molar refractivity (Wildman–Crippen MR) is 67.3 cm³/mol. The van der Waals surface area contributed by atoms with Crippen molar-refractivity contribution in [2.24, 2.45) is 5.14 Å². The molecule has 0 unspecified atom stereocenters. The first kappa shape index (κ1) is 12.5. The summed E-state index contributed by atoms with van der Waals surface area (Å²) in [6, 6.07) is 9.65. The van der Waals surface area contributed by atoms with E-state index in [1.54, 1.807) is 0 Å². The first-order valence-corrected chi connectivity index (χ1v) is 7.41. The predicted octanol–water partition coefficient (Wildman–Crippen LogP) is 1.63. The standard InChI is InChI=1S/C12H18N2O2S/c13-17(15,16)14(12-8-4-5-9-12)10-11-6-2-1-3-7-11/h1-3,6-7,12H,4-5,8-10H2,(H2,13,15,16). The second-order valence-corrected chi connectivity index (χ2v) is 6.01. The maximum absolute atomic E-state index is 11.6. The van der Waals surface area contributed by atoms with Gasteiger partial charge in [0.2, 0.25) is 0 Å². The molecule has 0 heterocycles. The highest BCUT2D eigenvalue weighted by Gasteiger charge is 2.29. The molecular weight excluding hydrogens is 236 g/mol. The van der Waals surface area contributed by atoms with Gasteiger partial charge in [0, 0.05) is 12.6 Å². The molecule has 0 spiro atoms. The summed E-state index contributed by atoms with van der Waals surface area (Å²) in [5.41, 5.74) is 0.980. The van der Waals surface area contributed by atoms with Crippen molar-refractivity contribution in [3.63, 3.8) is 0 Å². The first-order valence-electron chi connectivity index (χ1n) is 5.91. The summed E-state index contributed by atoms with van der Waals surface area (Å²) < 4.78 is 24.7. The van der Waals surface area contributed by atoms with Gasteiger partial charge in [-0.05, 0) is 18.4 Å². The Morgan fingerprint density at radius 3 is 2.29 bits per heavy atom. The summed E-state index contributed by atoms with van der Waals surface area (Å²) in [4.78, 5) is 0. The molecule has 0 amide bonds. The number of benzene rings is 1. The van der Waals surface area contributed by atoms with Crippen LogP contribution in [0.15, 0.2) is 30.3 Å². The zero-order valence-corrected chi connectivity index (χ0v) is 10.6. The van der Waals surface area contributed by atoms with E-state index in [0.29, 0.717) is 6.54 Å². The molecule has 17 heavy (non-hydrogen) atoms. The molecule has 0 atom stereocenters. The van der Waals surface area contributed by atoms with Crippen LogP contribution in [0, 0.1) is 0 Å². The Labute approximate surface area is 103 Å². The van der Waals surface area contributed by atoms with E-state index in [1.807, 2.05) is 30.3 Å². The minimum atomic E-state index is -3.61. The fraction of sp³-hybridized carbons (Fsp3) is 0.500. The Morgan fingerprint density at radius 2 is 1.76 bits per heavy atom. The highest BCUT2D eigenvalue weighted by atomic mass is 32.2. The number of nitrogens with zero attached hydrogens (tertiary/aromatic N) is 1.